The topological polar surface area (TPSA) is 46.5 Å². The van der Waals surface area contributed by atoms with Crippen molar-refractivity contribution in [3.8, 4) is 39.8 Å². The van der Waals surface area contributed by atoms with Crippen LogP contribution in [0.1, 0.15) is 5.56 Å². The van der Waals surface area contributed by atoms with E-state index in [4.69, 9.17) is 4.98 Å². The summed E-state index contributed by atoms with van der Waals surface area (Å²) in [5.74, 6) is 0.852. The summed E-state index contributed by atoms with van der Waals surface area (Å²) in [7, 11) is 0. The molecule has 9 aromatic carbocycles. The van der Waals surface area contributed by atoms with E-state index in [0.29, 0.717) is 5.56 Å². The monoisotopic (exact) mass is 736 g/mol. The second-order valence-corrected chi connectivity index (χ2v) is 15.0. The molecule has 0 N–H and O–H groups in total. The summed E-state index contributed by atoms with van der Waals surface area (Å²) < 4.78 is 4.65. The number of benzene rings is 9. The molecule has 3 aromatic heterocycles. The standard InChI is InChI=1S/C54H32N4/c55-32-34-20-27-38(28-21-34)57-49-18-7-5-13-43(49)47-29-30-48-44-14-6-8-19-50(44)58(54(48)53(47)57)51-31-26-37(33-56-51)35-22-24-36(25-23-35)39-16-9-17-46-42-11-2-1-10-40(42)41-12-3-4-15-45(41)52(39)46/h1-31,33H. The normalized spacial score (nSPS) is 11.8. The minimum Gasteiger partial charge on any atom is -0.307 e. The van der Waals surface area contributed by atoms with Crippen LogP contribution in [0.4, 0.5) is 0 Å². The van der Waals surface area contributed by atoms with Crippen LogP contribution in [0.25, 0.3) is 110 Å². The molecule has 4 nitrogen and oxygen atoms in total. The van der Waals surface area contributed by atoms with Crippen molar-refractivity contribution in [2.75, 3.05) is 0 Å². The first kappa shape index (κ1) is 32.3. The van der Waals surface area contributed by atoms with Crippen LogP contribution >= 0.6 is 0 Å². The second-order valence-electron chi connectivity index (χ2n) is 15.0. The van der Waals surface area contributed by atoms with Crippen molar-refractivity contribution < 1.29 is 0 Å². The molecule has 268 valence electrons. The minimum absolute atomic E-state index is 0.638. The predicted octanol–water partition coefficient (Wildman–Crippen LogP) is 13.9. The van der Waals surface area contributed by atoms with E-state index in [2.05, 4.69) is 179 Å². The Hall–Kier alpha value is -8.00. The van der Waals surface area contributed by atoms with Gasteiger partial charge in [0.05, 0.1) is 33.7 Å². The molecule has 0 aliphatic rings. The number of fused-ring (bicyclic) bond motifs is 13. The number of rotatable bonds is 4. The Bertz CT molecular complexity index is 3610. The Kier molecular flexibility index (Phi) is 6.96. The molecule has 0 unspecified atom stereocenters. The summed E-state index contributed by atoms with van der Waals surface area (Å²) in [4.78, 5) is 5.19. The van der Waals surface area contributed by atoms with Gasteiger partial charge in [0.2, 0.25) is 0 Å². The average molecular weight is 737 g/mol. The highest BCUT2D eigenvalue weighted by Gasteiger charge is 2.22. The Morgan fingerprint density at radius 3 is 1.48 bits per heavy atom. The molecule has 0 saturated carbocycles. The lowest BCUT2D eigenvalue weighted by Crippen LogP contribution is -2.00. The average Bonchev–Trinajstić information content (AvgIpc) is 3.82. The van der Waals surface area contributed by atoms with E-state index in [9.17, 15) is 5.26 Å². The van der Waals surface area contributed by atoms with Gasteiger partial charge in [-0.3, -0.25) is 4.57 Å². The Labute approximate surface area is 333 Å². The molecule has 0 amide bonds. The van der Waals surface area contributed by atoms with Gasteiger partial charge in [-0.2, -0.15) is 5.26 Å². The summed E-state index contributed by atoms with van der Waals surface area (Å²) >= 11 is 0. The van der Waals surface area contributed by atoms with Crippen molar-refractivity contribution in [1.82, 2.24) is 14.1 Å². The van der Waals surface area contributed by atoms with Crippen LogP contribution in [0.3, 0.4) is 0 Å². The molecule has 3 heterocycles. The molecule has 0 aliphatic heterocycles. The number of hydrogen-bond donors (Lipinski definition) is 0. The fraction of sp³-hybridized carbons (Fsp3) is 0. The third-order valence-electron chi connectivity index (χ3n) is 12.0. The third-order valence-corrected chi connectivity index (χ3v) is 12.0. The fourth-order valence-corrected chi connectivity index (χ4v) is 9.42. The van der Waals surface area contributed by atoms with Crippen molar-refractivity contribution in [3.63, 3.8) is 0 Å². The van der Waals surface area contributed by atoms with Crippen molar-refractivity contribution in [2.45, 2.75) is 0 Å². The zero-order valence-electron chi connectivity index (χ0n) is 31.3. The van der Waals surface area contributed by atoms with E-state index < -0.39 is 0 Å². The fourth-order valence-electron chi connectivity index (χ4n) is 9.42. The second kappa shape index (κ2) is 12.5. The van der Waals surface area contributed by atoms with Gasteiger partial charge in [0.25, 0.3) is 0 Å². The third kappa shape index (κ3) is 4.65. The number of pyridine rings is 1. The molecule has 4 heteroatoms. The van der Waals surface area contributed by atoms with Crippen molar-refractivity contribution in [3.05, 3.63) is 200 Å². The summed E-state index contributed by atoms with van der Waals surface area (Å²) in [5.41, 5.74) is 10.7. The first-order valence-corrected chi connectivity index (χ1v) is 19.6. The molecular weight excluding hydrogens is 705 g/mol. The van der Waals surface area contributed by atoms with Crippen molar-refractivity contribution in [1.29, 1.82) is 5.26 Å². The minimum atomic E-state index is 0.638. The van der Waals surface area contributed by atoms with E-state index >= 15 is 0 Å². The van der Waals surface area contributed by atoms with Crippen LogP contribution in [-0.4, -0.2) is 14.1 Å². The maximum Gasteiger partial charge on any atom is 0.137 e. The van der Waals surface area contributed by atoms with Gasteiger partial charge in [0.15, 0.2) is 0 Å². The molecule has 0 spiro atoms. The number of aromatic nitrogens is 3. The summed E-state index contributed by atoms with van der Waals surface area (Å²) in [6, 6.07) is 69.2. The number of para-hydroxylation sites is 2. The van der Waals surface area contributed by atoms with E-state index in [-0.39, 0.29) is 0 Å². The summed E-state index contributed by atoms with van der Waals surface area (Å²) in [6.07, 6.45) is 2.00. The highest BCUT2D eigenvalue weighted by atomic mass is 15.1. The van der Waals surface area contributed by atoms with Gasteiger partial charge in [0, 0.05) is 39.0 Å². The van der Waals surface area contributed by atoms with Crippen molar-refractivity contribution in [2.24, 2.45) is 0 Å². The molecule has 0 bridgehead atoms. The van der Waals surface area contributed by atoms with E-state index in [1.54, 1.807) is 0 Å². The molecule has 0 atom stereocenters. The van der Waals surface area contributed by atoms with Crippen LogP contribution in [0.2, 0.25) is 0 Å². The van der Waals surface area contributed by atoms with Crippen LogP contribution in [-0.2, 0) is 0 Å². The summed E-state index contributed by atoms with van der Waals surface area (Å²) in [5, 5.41) is 21.9. The molecule has 0 fully saturated rings. The number of nitrogens with zero attached hydrogens (tertiary/aromatic N) is 4. The van der Waals surface area contributed by atoms with Crippen molar-refractivity contribution >= 4 is 75.9 Å². The van der Waals surface area contributed by atoms with Gasteiger partial charge >= 0.3 is 0 Å². The van der Waals surface area contributed by atoms with Gasteiger partial charge in [-0.15, -0.1) is 0 Å². The zero-order chi connectivity index (χ0) is 38.3. The summed E-state index contributed by atoms with van der Waals surface area (Å²) in [6.45, 7) is 0. The number of hydrogen-bond acceptors (Lipinski definition) is 2. The highest BCUT2D eigenvalue weighted by molar-refractivity contribution is 6.28. The molecule has 0 aliphatic carbocycles. The van der Waals surface area contributed by atoms with Gasteiger partial charge in [0.1, 0.15) is 5.82 Å². The van der Waals surface area contributed by atoms with Gasteiger partial charge in [-0.05, 0) is 97.5 Å². The van der Waals surface area contributed by atoms with Crippen LogP contribution in [0.5, 0.6) is 0 Å². The van der Waals surface area contributed by atoms with Gasteiger partial charge in [-0.1, -0.05) is 140 Å². The molecular formula is C54H32N4. The Balaban J connectivity index is 1.00. The molecule has 12 rings (SSSR count). The predicted molar refractivity (Wildman–Crippen MR) is 241 cm³/mol. The quantitative estimate of drug-likeness (QED) is 0.169. The molecule has 12 aromatic rings. The van der Waals surface area contributed by atoms with Crippen LogP contribution in [0, 0.1) is 11.3 Å². The molecule has 0 saturated heterocycles. The Morgan fingerprint density at radius 2 is 0.879 bits per heavy atom. The lowest BCUT2D eigenvalue weighted by atomic mass is 9.89. The van der Waals surface area contributed by atoms with Gasteiger partial charge < -0.3 is 4.57 Å². The van der Waals surface area contributed by atoms with E-state index in [0.717, 1.165) is 50.1 Å². The maximum absolute atomic E-state index is 9.57. The van der Waals surface area contributed by atoms with E-state index in [1.165, 1.54) is 59.6 Å². The van der Waals surface area contributed by atoms with E-state index in [1.807, 2.05) is 30.5 Å². The first-order chi connectivity index (χ1) is 28.7. The smallest absolute Gasteiger partial charge is 0.137 e. The zero-order valence-corrected chi connectivity index (χ0v) is 31.3. The molecule has 58 heavy (non-hydrogen) atoms. The van der Waals surface area contributed by atoms with Crippen LogP contribution < -0.4 is 0 Å². The number of nitriles is 1. The maximum atomic E-state index is 9.57. The largest absolute Gasteiger partial charge is 0.307 e. The van der Waals surface area contributed by atoms with Gasteiger partial charge in [-0.25, -0.2) is 4.98 Å². The highest BCUT2D eigenvalue weighted by Crippen LogP contribution is 2.43. The lowest BCUT2D eigenvalue weighted by molar-refractivity contribution is 1.08. The first-order valence-electron chi connectivity index (χ1n) is 19.6. The lowest BCUT2D eigenvalue weighted by Gasteiger charge is -2.14. The molecule has 0 radical (unpaired) electrons. The SMILES string of the molecule is N#Cc1ccc(-n2c3ccccc3c3ccc4c5ccccc5n(-c5ccc(-c6ccc(-c7cccc8c9ccccc9c9ccccc9c78)cc6)cn5)c4c32)cc1. The van der Waals surface area contributed by atoms with Crippen LogP contribution in [0.15, 0.2) is 194 Å². The Morgan fingerprint density at radius 1 is 0.379 bits per heavy atom.